The quantitative estimate of drug-likeness (QED) is 0.404. The zero-order chi connectivity index (χ0) is 9.86. The first-order valence-electron chi connectivity index (χ1n) is 2.92. The van der Waals surface area contributed by atoms with Gasteiger partial charge in [0.15, 0.2) is 0 Å². The van der Waals surface area contributed by atoms with Crippen LogP contribution in [0.4, 0.5) is 0 Å². The Morgan fingerprint density at radius 2 is 0.727 bits per heavy atom. The summed E-state index contributed by atoms with van der Waals surface area (Å²) in [5.41, 5.74) is 0. The molecule has 0 atom stereocenters. The van der Waals surface area contributed by atoms with Crippen molar-refractivity contribution in [1.82, 2.24) is 0 Å². The molecule has 0 aromatic heterocycles. The maximum atomic E-state index is 3.11. The summed E-state index contributed by atoms with van der Waals surface area (Å²) >= 11 is 6.80. The molecule has 11 heavy (non-hydrogen) atoms. The summed E-state index contributed by atoms with van der Waals surface area (Å²) in [7, 11) is 0.759. The fraction of sp³-hybridized carbons (Fsp3) is 1.00. The van der Waals surface area contributed by atoms with Crippen molar-refractivity contribution in [2.45, 2.75) is 0 Å². The second-order valence-corrected chi connectivity index (χ2v) is 15.3. The van der Waals surface area contributed by atoms with Crippen LogP contribution < -0.4 is 0 Å². The van der Waals surface area contributed by atoms with E-state index in [1.165, 1.54) is 0 Å². The molecule has 0 aliphatic rings. The van der Waals surface area contributed by atoms with Gasteiger partial charge in [-0.05, 0) is 40.0 Å². The summed E-state index contributed by atoms with van der Waals surface area (Å²) in [4.78, 5) is 0. The van der Waals surface area contributed by atoms with E-state index in [-0.39, 0.29) is 0 Å². The molecule has 0 aliphatic heterocycles. The predicted molar refractivity (Wildman–Crippen MR) is 67.2 cm³/mol. The molecule has 0 saturated heterocycles. The first-order chi connectivity index (χ1) is 4.88. The monoisotopic (exact) mass is 416 g/mol. The third kappa shape index (κ3) is 223. The Balaban J connectivity index is -0.0000000886. The molecule has 0 aromatic carbocycles. The van der Waals surface area contributed by atoms with Gasteiger partial charge in [0.1, 0.15) is 0 Å². The van der Waals surface area contributed by atoms with Crippen LogP contribution in [-0.2, 0) is 13.9 Å². The van der Waals surface area contributed by atoms with Crippen LogP contribution in [0.3, 0.4) is 0 Å². The number of hydrogen-bond acceptors (Lipinski definition) is 0. The van der Waals surface area contributed by atoms with Crippen molar-refractivity contribution < 1.29 is 13.9 Å². The second-order valence-electron chi connectivity index (χ2n) is 2.73. The van der Waals surface area contributed by atoms with Crippen LogP contribution in [0.1, 0.15) is 0 Å². The Bertz CT molecular complexity index is 42.3. The average molecular weight is 418 g/mol. The maximum absolute atomic E-state index is 3.11. The van der Waals surface area contributed by atoms with Crippen LogP contribution in [0, 0.1) is 0 Å². The van der Waals surface area contributed by atoms with Gasteiger partial charge in [0.05, 0.1) is 0 Å². The summed E-state index contributed by atoms with van der Waals surface area (Å²) < 4.78 is 0. The molecular weight excluding hydrogens is 400 g/mol. The molecule has 0 rings (SSSR count). The van der Waals surface area contributed by atoms with Crippen molar-refractivity contribution >= 4 is 42.7 Å². The topological polar surface area (TPSA) is 0 Å². The van der Waals surface area contributed by atoms with Gasteiger partial charge in [-0.25, -0.2) is 0 Å². The summed E-state index contributed by atoms with van der Waals surface area (Å²) in [6.07, 6.45) is 0. The van der Waals surface area contributed by atoms with Gasteiger partial charge in [0, 0.05) is 0 Å². The van der Waals surface area contributed by atoms with Crippen LogP contribution in [0.15, 0.2) is 0 Å². The first-order valence-corrected chi connectivity index (χ1v) is 15.4. The Kier molecular flexibility index (Phi) is 31.8. The summed E-state index contributed by atoms with van der Waals surface area (Å²) in [6.45, 7) is 13.4. The Labute approximate surface area is 95.8 Å². The average Bonchev–Trinajstić information content (AvgIpc) is 1.60. The van der Waals surface area contributed by atoms with Gasteiger partial charge in [0.2, 0.25) is 0 Å². The molecule has 0 nitrogen and oxygen atoms in total. The van der Waals surface area contributed by atoms with Crippen molar-refractivity contribution in [3.8, 4) is 0 Å². The molecule has 0 unspecified atom stereocenters. The third-order valence-electron chi connectivity index (χ3n) is 0. The second kappa shape index (κ2) is 18.3. The van der Waals surface area contributed by atoms with E-state index in [1.807, 2.05) is 0 Å². The van der Waals surface area contributed by atoms with E-state index in [1.54, 1.807) is 0 Å². The summed E-state index contributed by atoms with van der Waals surface area (Å²) in [6, 6.07) is 0. The van der Waals surface area contributed by atoms with Gasteiger partial charge in [-0.3, -0.25) is 0 Å². The van der Waals surface area contributed by atoms with E-state index in [0.717, 1.165) is 0 Å². The van der Waals surface area contributed by atoms with Crippen LogP contribution in [0.25, 0.3) is 0 Å². The third-order valence-corrected chi connectivity index (χ3v) is 0. The Morgan fingerprint density at radius 1 is 0.727 bits per heavy atom. The van der Waals surface area contributed by atoms with Crippen molar-refractivity contribution in [3.63, 3.8) is 0 Å². The summed E-state index contributed by atoms with van der Waals surface area (Å²) in [5, 5.41) is 0. The van der Waals surface area contributed by atoms with Crippen molar-refractivity contribution in [2.24, 2.45) is 0 Å². The molecule has 76 valence electrons. The standard InChI is InChI=1S/2C3H9P.2BrH.Pd/c2*1-4(2)3;;;/h2*1-3H3;2*1H;/q;;;;+2/p-2. The van der Waals surface area contributed by atoms with E-state index < -0.39 is 0 Å². The minimum atomic E-state index is 0.380. The van der Waals surface area contributed by atoms with Gasteiger partial charge in [-0.2, -0.15) is 0 Å². The predicted octanol–water partition coefficient (Wildman–Crippen LogP) is 4.40. The first kappa shape index (κ1) is 19.1. The Hall–Kier alpha value is 2.48. The van der Waals surface area contributed by atoms with Crippen molar-refractivity contribution in [3.05, 3.63) is 0 Å². The molecule has 0 aromatic rings. The van der Waals surface area contributed by atoms with Gasteiger partial charge in [0.25, 0.3) is 0 Å². The number of halogens is 2. The fourth-order valence-corrected chi connectivity index (χ4v) is 0. The van der Waals surface area contributed by atoms with Crippen LogP contribution >= 0.6 is 42.7 Å². The van der Waals surface area contributed by atoms with Gasteiger partial charge in [-0.15, -0.1) is 15.8 Å². The van der Waals surface area contributed by atoms with Crippen molar-refractivity contribution in [1.29, 1.82) is 0 Å². The van der Waals surface area contributed by atoms with Crippen LogP contribution in [-0.4, -0.2) is 40.0 Å². The zero-order valence-corrected chi connectivity index (χ0v) is 14.5. The minimum absolute atomic E-state index is 0.380. The van der Waals surface area contributed by atoms with E-state index in [2.05, 4.69) is 66.8 Å². The molecular formula is C6H18Br2P2Pd. The fourth-order valence-electron chi connectivity index (χ4n) is 0. The van der Waals surface area contributed by atoms with E-state index >= 15 is 0 Å². The Morgan fingerprint density at radius 3 is 0.727 bits per heavy atom. The summed E-state index contributed by atoms with van der Waals surface area (Å²) in [5.74, 6) is 0. The van der Waals surface area contributed by atoms with Crippen LogP contribution in [0.5, 0.6) is 0 Å². The molecule has 0 bridgehead atoms. The van der Waals surface area contributed by atoms with Gasteiger partial charge >= 0.3 is 40.8 Å². The SMILES string of the molecule is CP(C)C.CP(C)C.[Br][Pd][Br]. The zero-order valence-electron chi connectivity index (χ0n) is 7.97. The molecule has 0 saturated carbocycles. The van der Waals surface area contributed by atoms with Gasteiger partial charge < -0.3 is 0 Å². The van der Waals surface area contributed by atoms with E-state index in [4.69, 9.17) is 0 Å². The number of rotatable bonds is 0. The molecule has 0 amide bonds. The van der Waals surface area contributed by atoms with E-state index in [0.29, 0.717) is 29.8 Å². The molecule has 0 spiro atoms. The normalized spacial score (nSPS) is 8.55. The van der Waals surface area contributed by atoms with Crippen LogP contribution in [0.2, 0.25) is 0 Å². The molecule has 0 aliphatic carbocycles. The van der Waals surface area contributed by atoms with Crippen molar-refractivity contribution in [2.75, 3.05) is 40.0 Å². The molecule has 0 fully saturated rings. The number of hydrogen-bond donors (Lipinski definition) is 0. The molecule has 5 heteroatoms. The molecule has 0 radical (unpaired) electrons. The van der Waals surface area contributed by atoms with E-state index in [9.17, 15) is 0 Å². The molecule has 0 heterocycles. The van der Waals surface area contributed by atoms with Gasteiger partial charge in [-0.1, -0.05) is 0 Å². The molecule has 0 N–H and O–H groups in total.